The number of pyridine rings is 1. The second kappa shape index (κ2) is 7.60. The predicted molar refractivity (Wildman–Crippen MR) is 116 cm³/mol. The lowest BCUT2D eigenvalue weighted by atomic mass is 9.93. The molecule has 2 saturated heterocycles. The zero-order valence-corrected chi connectivity index (χ0v) is 17.6. The Morgan fingerprint density at radius 3 is 2.84 bits per heavy atom. The van der Waals surface area contributed by atoms with Crippen LogP contribution in [0.2, 0.25) is 0 Å². The molecule has 1 aromatic heterocycles. The van der Waals surface area contributed by atoms with Gasteiger partial charge < -0.3 is 29.7 Å². The Labute approximate surface area is 180 Å². The van der Waals surface area contributed by atoms with Gasteiger partial charge in [-0.3, -0.25) is 4.79 Å². The summed E-state index contributed by atoms with van der Waals surface area (Å²) in [7, 11) is 2.22. The van der Waals surface area contributed by atoms with Crippen LogP contribution in [-0.2, 0) is 12.8 Å². The largest absolute Gasteiger partial charge is 0.511 e. The molecule has 0 spiro atoms. The Hall–Kier alpha value is -3.00. The topological polar surface area (TPSA) is 106 Å². The van der Waals surface area contributed by atoms with Crippen molar-refractivity contribution < 1.29 is 19.7 Å². The van der Waals surface area contributed by atoms with Crippen LogP contribution in [0.5, 0.6) is 11.5 Å². The zero-order valence-electron chi connectivity index (χ0n) is 17.6. The smallest absolute Gasteiger partial charge is 0.504 e. The van der Waals surface area contributed by atoms with Crippen LogP contribution in [0.25, 0.3) is 11.3 Å². The Bertz CT molecular complexity index is 1100. The maximum atomic E-state index is 12.4. The molecule has 3 aliphatic rings. The summed E-state index contributed by atoms with van der Waals surface area (Å²) >= 11 is 0. The quantitative estimate of drug-likeness (QED) is 0.635. The standard InChI is InChI=1S/C23H27N3O5/c1-25-9-3-5-14-11-26(12-18(14)25)15-7-8-16-13(10-15)4-2-6-17-19(16)24-22(28)21(20(17)27)31-23(29)30/h7-8,10,14,18H,2-6,9,11-12H2,1H3,(H,29,30)(H2,24,27,28)/t14-,18+/m1/s1. The van der Waals surface area contributed by atoms with Gasteiger partial charge in [-0.2, -0.15) is 0 Å². The average molecular weight is 425 g/mol. The fraction of sp³-hybridized carbons (Fsp3) is 0.478. The summed E-state index contributed by atoms with van der Waals surface area (Å²) < 4.78 is 4.52. The number of ether oxygens (including phenoxy) is 1. The van der Waals surface area contributed by atoms with Crippen molar-refractivity contribution in [2.24, 2.45) is 5.92 Å². The van der Waals surface area contributed by atoms with Gasteiger partial charge in [-0.05, 0) is 69.3 Å². The fourth-order valence-corrected chi connectivity index (χ4v) is 5.56. The minimum Gasteiger partial charge on any atom is -0.504 e. The van der Waals surface area contributed by atoms with E-state index in [0.717, 1.165) is 37.1 Å². The molecular weight excluding hydrogens is 398 g/mol. The number of likely N-dealkylation sites (tertiary alicyclic amines) is 1. The summed E-state index contributed by atoms with van der Waals surface area (Å²) in [5.74, 6) is -0.237. The molecule has 1 aliphatic carbocycles. The van der Waals surface area contributed by atoms with E-state index in [-0.39, 0.29) is 5.75 Å². The van der Waals surface area contributed by atoms with Crippen molar-refractivity contribution in [2.75, 3.05) is 31.6 Å². The molecule has 1 aromatic carbocycles. The number of anilines is 1. The number of aryl methyl sites for hydroxylation is 1. The molecule has 2 fully saturated rings. The lowest BCUT2D eigenvalue weighted by molar-refractivity contribution is 0.142. The first-order valence-corrected chi connectivity index (χ1v) is 10.9. The SMILES string of the molecule is CN1CCC[C@@H]2CN(c3ccc4c(c3)CCCc3c-4[nH]c(=O)c(OC(=O)O)c3O)C[C@@H]21. The van der Waals surface area contributed by atoms with Crippen molar-refractivity contribution >= 4 is 11.8 Å². The van der Waals surface area contributed by atoms with Crippen molar-refractivity contribution in [3.05, 3.63) is 39.7 Å². The maximum absolute atomic E-state index is 12.4. The Morgan fingerprint density at radius 2 is 2.06 bits per heavy atom. The zero-order chi connectivity index (χ0) is 21.7. The van der Waals surface area contributed by atoms with Crippen LogP contribution >= 0.6 is 0 Å². The lowest BCUT2D eigenvalue weighted by Crippen LogP contribution is -2.42. The van der Waals surface area contributed by atoms with E-state index in [2.05, 4.69) is 38.7 Å². The molecule has 3 heterocycles. The van der Waals surface area contributed by atoms with E-state index in [1.807, 2.05) is 6.07 Å². The number of aromatic nitrogens is 1. The van der Waals surface area contributed by atoms with E-state index >= 15 is 0 Å². The number of fused-ring (bicyclic) bond motifs is 4. The van der Waals surface area contributed by atoms with Crippen LogP contribution < -0.4 is 15.2 Å². The van der Waals surface area contributed by atoms with E-state index in [0.29, 0.717) is 29.6 Å². The maximum Gasteiger partial charge on any atom is 0.511 e. The number of aromatic hydroxyl groups is 1. The molecular formula is C23H27N3O5. The predicted octanol–water partition coefficient (Wildman–Crippen LogP) is 2.82. The molecule has 0 amide bonds. The Morgan fingerprint density at radius 1 is 1.23 bits per heavy atom. The summed E-state index contributed by atoms with van der Waals surface area (Å²) in [6.07, 6.45) is 3.04. The van der Waals surface area contributed by atoms with Gasteiger partial charge in [-0.25, -0.2) is 4.79 Å². The highest BCUT2D eigenvalue weighted by Crippen LogP contribution is 2.40. The highest BCUT2D eigenvalue weighted by Gasteiger charge is 2.37. The van der Waals surface area contributed by atoms with Gasteiger partial charge in [-0.1, -0.05) is 6.07 Å². The van der Waals surface area contributed by atoms with E-state index in [1.165, 1.54) is 25.1 Å². The van der Waals surface area contributed by atoms with Gasteiger partial charge in [0.2, 0.25) is 5.75 Å². The fourth-order valence-electron chi connectivity index (χ4n) is 5.56. The summed E-state index contributed by atoms with van der Waals surface area (Å²) in [4.78, 5) is 31.0. The monoisotopic (exact) mass is 425 g/mol. The minimum absolute atomic E-state index is 0.385. The number of rotatable bonds is 2. The Balaban J connectivity index is 1.50. The van der Waals surface area contributed by atoms with E-state index in [4.69, 9.17) is 5.11 Å². The normalized spacial score (nSPS) is 22.9. The van der Waals surface area contributed by atoms with Crippen molar-refractivity contribution in [3.8, 4) is 22.8 Å². The van der Waals surface area contributed by atoms with Crippen LogP contribution in [0.1, 0.15) is 30.4 Å². The number of hydrogen-bond acceptors (Lipinski definition) is 6. The molecule has 0 bridgehead atoms. The third-order valence-corrected chi connectivity index (χ3v) is 7.09. The molecule has 0 radical (unpaired) electrons. The van der Waals surface area contributed by atoms with Crippen LogP contribution in [0.4, 0.5) is 10.5 Å². The summed E-state index contributed by atoms with van der Waals surface area (Å²) in [6, 6.07) is 6.91. The van der Waals surface area contributed by atoms with Gasteiger partial charge in [0, 0.05) is 35.9 Å². The van der Waals surface area contributed by atoms with Gasteiger partial charge in [0.25, 0.3) is 5.56 Å². The van der Waals surface area contributed by atoms with Gasteiger partial charge in [0.05, 0.1) is 5.69 Å². The molecule has 0 saturated carbocycles. The number of nitrogens with zero attached hydrogens (tertiary/aromatic N) is 2. The number of aromatic amines is 1. The van der Waals surface area contributed by atoms with Gasteiger partial charge in [0.15, 0.2) is 5.75 Å². The number of nitrogens with one attached hydrogen (secondary N) is 1. The van der Waals surface area contributed by atoms with Crippen molar-refractivity contribution in [1.29, 1.82) is 0 Å². The number of likely N-dealkylation sites (N-methyl/N-ethyl adjacent to an activating group) is 1. The van der Waals surface area contributed by atoms with Gasteiger partial charge >= 0.3 is 6.16 Å². The first-order chi connectivity index (χ1) is 14.9. The molecule has 2 aromatic rings. The summed E-state index contributed by atoms with van der Waals surface area (Å²) in [6.45, 7) is 3.27. The third-order valence-electron chi connectivity index (χ3n) is 7.09. The van der Waals surface area contributed by atoms with Crippen LogP contribution in [0.3, 0.4) is 0 Å². The van der Waals surface area contributed by atoms with Crippen LogP contribution in [0, 0.1) is 5.92 Å². The lowest BCUT2D eigenvalue weighted by Gasteiger charge is -2.33. The number of hydrogen-bond donors (Lipinski definition) is 3. The van der Waals surface area contributed by atoms with Crippen molar-refractivity contribution in [2.45, 2.75) is 38.1 Å². The molecule has 2 aliphatic heterocycles. The summed E-state index contributed by atoms with van der Waals surface area (Å²) in [5, 5.41) is 19.4. The highest BCUT2D eigenvalue weighted by molar-refractivity contribution is 5.75. The molecule has 2 atom stereocenters. The second-order valence-corrected chi connectivity index (χ2v) is 8.90. The van der Waals surface area contributed by atoms with E-state index in [1.54, 1.807) is 0 Å². The first-order valence-electron chi connectivity index (χ1n) is 10.9. The highest BCUT2D eigenvalue weighted by atomic mass is 16.7. The number of piperidine rings is 1. The number of H-pyrrole nitrogens is 1. The first kappa shape index (κ1) is 19.9. The van der Waals surface area contributed by atoms with E-state index < -0.39 is 17.5 Å². The molecule has 3 N–H and O–H groups in total. The van der Waals surface area contributed by atoms with Gasteiger partial charge in [0.1, 0.15) is 0 Å². The minimum atomic E-state index is -1.63. The second-order valence-electron chi connectivity index (χ2n) is 8.90. The van der Waals surface area contributed by atoms with E-state index in [9.17, 15) is 14.7 Å². The average Bonchev–Trinajstić information content (AvgIpc) is 3.10. The molecule has 8 heteroatoms. The Kier molecular flexibility index (Phi) is 4.89. The number of carbonyl (C=O) groups is 1. The number of carboxylic acid groups (broad SMARTS) is 1. The van der Waals surface area contributed by atoms with Gasteiger partial charge in [-0.15, -0.1) is 0 Å². The van der Waals surface area contributed by atoms with Crippen molar-refractivity contribution in [3.63, 3.8) is 0 Å². The van der Waals surface area contributed by atoms with Crippen LogP contribution in [-0.4, -0.2) is 59.0 Å². The summed E-state index contributed by atoms with van der Waals surface area (Å²) in [5.41, 5.74) is 3.52. The molecule has 8 nitrogen and oxygen atoms in total. The van der Waals surface area contributed by atoms with Crippen LogP contribution in [0.15, 0.2) is 23.0 Å². The van der Waals surface area contributed by atoms with Crippen molar-refractivity contribution in [1.82, 2.24) is 9.88 Å². The third kappa shape index (κ3) is 3.44. The number of benzene rings is 1. The molecule has 31 heavy (non-hydrogen) atoms. The molecule has 0 unspecified atom stereocenters. The molecule has 5 rings (SSSR count). The molecule has 164 valence electrons.